The van der Waals surface area contributed by atoms with Crippen LogP contribution in [0.15, 0.2) is 0 Å². The van der Waals surface area contributed by atoms with Crippen molar-refractivity contribution in [2.75, 3.05) is 32.8 Å². The molecular formula is C15H29F3N2O. The summed E-state index contributed by atoms with van der Waals surface area (Å²) < 4.78 is 41.0. The normalized spacial score (nSPS) is 25.3. The van der Waals surface area contributed by atoms with Gasteiger partial charge in [-0.3, -0.25) is 4.90 Å². The van der Waals surface area contributed by atoms with E-state index in [0.29, 0.717) is 18.6 Å². The van der Waals surface area contributed by atoms with Gasteiger partial charge in [0.1, 0.15) is 6.61 Å². The van der Waals surface area contributed by atoms with E-state index >= 15 is 0 Å². The number of nitrogens with zero attached hydrogens (tertiary/aromatic N) is 1. The fourth-order valence-corrected chi connectivity index (χ4v) is 2.70. The summed E-state index contributed by atoms with van der Waals surface area (Å²) in [5.74, 6) is 0. The number of halogens is 3. The van der Waals surface area contributed by atoms with Gasteiger partial charge < -0.3 is 10.1 Å². The van der Waals surface area contributed by atoms with E-state index in [4.69, 9.17) is 4.74 Å². The average Bonchev–Trinajstić information content (AvgIpc) is 2.34. The second-order valence-electron chi connectivity index (χ2n) is 6.93. The molecular weight excluding hydrogens is 281 g/mol. The van der Waals surface area contributed by atoms with Crippen LogP contribution in [0.2, 0.25) is 0 Å². The zero-order chi connectivity index (χ0) is 16.1. The van der Waals surface area contributed by atoms with Gasteiger partial charge in [-0.15, -0.1) is 0 Å². The van der Waals surface area contributed by atoms with Crippen LogP contribution in [0.3, 0.4) is 0 Å². The maximum atomic E-state index is 12.1. The molecule has 0 aromatic heterocycles. The van der Waals surface area contributed by atoms with Gasteiger partial charge in [-0.05, 0) is 11.8 Å². The van der Waals surface area contributed by atoms with Gasteiger partial charge in [-0.1, -0.05) is 34.1 Å². The van der Waals surface area contributed by atoms with Gasteiger partial charge in [0, 0.05) is 31.7 Å². The third-order valence-electron chi connectivity index (χ3n) is 3.99. The van der Waals surface area contributed by atoms with Crippen LogP contribution in [-0.2, 0) is 4.74 Å². The summed E-state index contributed by atoms with van der Waals surface area (Å²) in [6, 6.07) is 0.747. The molecule has 1 rings (SSSR count). The van der Waals surface area contributed by atoms with Gasteiger partial charge in [0.15, 0.2) is 0 Å². The van der Waals surface area contributed by atoms with Crippen molar-refractivity contribution in [2.45, 2.75) is 58.8 Å². The third kappa shape index (κ3) is 6.98. The molecule has 0 aliphatic carbocycles. The highest BCUT2D eigenvalue weighted by Crippen LogP contribution is 2.24. The predicted octanol–water partition coefficient (Wildman–Crippen LogP) is 3.05. The monoisotopic (exact) mass is 310 g/mol. The molecule has 1 heterocycles. The first-order valence-electron chi connectivity index (χ1n) is 7.75. The van der Waals surface area contributed by atoms with Crippen molar-refractivity contribution < 1.29 is 17.9 Å². The average molecular weight is 310 g/mol. The highest BCUT2D eigenvalue weighted by atomic mass is 19.4. The first-order chi connectivity index (χ1) is 9.63. The second kappa shape index (κ2) is 7.79. The van der Waals surface area contributed by atoms with Crippen LogP contribution in [0.5, 0.6) is 0 Å². The van der Waals surface area contributed by atoms with Crippen molar-refractivity contribution in [3.8, 4) is 0 Å². The Kier molecular flexibility index (Phi) is 6.94. The van der Waals surface area contributed by atoms with Gasteiger partial charge in [0.25, 0.3) is 0 Å². The van der Waals surface area contributed by atoms with Crippen LogP contribution < -0.4 is 5.32 Å². The molecule has 3 nitrogen and oxygen atoms in total. The van der Waals surface area contributed by atoms with Crippen molar-refractivity contribution >= 4 is 0 Å². The van der Waals surface area contributed by atoms with Gasteiger partial charge in [0.05, 0.1) is 6.61 Å². The molecule has 126 valence electrons. The Morgan fingerprint density at radius 2 is 1.90 bits per heavy atom. The standard InChI is InChI=1S/C15H29F3N2O/c1-5-6-12-9-19-13(14(2,3)4)10-20(12)7-8-21-11-15(16,17)18/h12-13,19H,5-11H2,1-4H3. The van der Waals surface area contributed by atoms with E-state index in [2.05, 4.69) is 37.9 Å². The molecule has 2 atom stereocenters. The van der Waals surface area contributed by atoms with Crippen molar-refractivity contribution in [3.63, 3.8) is 0 Å². The van der Waals surface area contributed by atoms with E-state index in [1.807, 2.05) is 0 Å². The van der Waals surface area contributed by atoms with Gasteiger partial charge >= 0.3 is 6.18 Å². The second-order valence-corrected chi connectivity index (χ2v) is 6.93. The molecule has 1 saturated heterocycles. The highest BCUT2D eigenvalue weighted by molar-refractivity contribution is 4.91. The van der Waals surface area contributed by atoms with E-state index in [9.17, 15) is 13.2 Å². The number of hydrogen-bond donors (Lipinski definition) is 1. The number of piperazine rings is 1. The summed E-state index contributed by atoms with van der Waals surface area (Å²) in [7, 11) is 0. The Balaban J connectivity index is 2.47. The summed E-state index contributed by atoms with van der Waals surface area (Å²) in [6.07, 6.45) is -2.10. The van der Waals surface area contributed by atoms with E-state index in [1.165, 1.54) is 0 Å². The number of hydrogen-bond acceptors (Lipinski definition) is 3. The largest absolute Gasteiger partial charge is 0.411 e. The highest BCUT2D eigenvalue weighted by Gasteiger charge is 2.33. The molecule has 0 radical (unpaired) electrons. The zero-order valence-electron chi connectivity index (χ0n) is 13.6. The Hall–Kier alpha value is -0.330. The van der Waals surface area contributed by atoms with Crippen LogP contribution in [0.4, 0.5) is 13.2 Å². The van der Waals surface area contributed by atoms with Crippen molar-refractivity contribution in [1.29, 1.82) is 0 Å². The quantitative estimate of drug-likeness (QED) is 0.763. The molecule has 21 heavy (non-hydrogen) atoms. The SMILES string of the molecule is CCCC1CNC(C(C)(C)C)CN1CCOCC(F)(F)F. The predicted molar refractivity (Wildman–Crippen MR) is 78.4 cm³/mol. The lowest BCUT2D eigenvalue weighted by Gasteiger charge is -2.45. The summed E-state index contributed by atoms with van der Waals surface area (Å²) in [5.41, 5.74) is 0.141. The Labute approximate surface area is 126 Å². The molecule has 0 bridgehead atoms. The van der Waals surface area contributed by atoms with Crippen molar-refractivity contribution in [3.05, 3.63) is 0 Å². The number of alkyl halides is 3. The third-order valence-corrected chi connectivity index (χ3v) is 3.99. The molecule has 0 amide bonds. The van der Waals surface area contributed by atoms with Gasteiger partial charge in [-0.2, -0.15) is 13.2 Å². The van der Waals surface area contributed by atoms with Crippen LogP contribution in [0, 0.1) is 5.41 Å². The lowest BCUT2D eigenvalue weighted by molar-refractivity contribution is -0.175. The lowest BCUT2D eigenvalue weighted by Crippen LogP contribution is -2.60. The summed E-state index contributed by atoms with van der Waals surface area (Å²) in [5, 5.41) is 3.58. The Morgan fingerprint density at radius 3 is 2.43 bits per heavy atom. The van der Waals surface area contributed by atoms with E-state index in [1.54, 1.807) is 0 Å². The minimum atomic E-state index is -4.24. The van der Waals surface area contributed by atoms with Crippen LogP contribution >= 0.6 is 0 Å². The van der Waals surface area contributed by atoms with Crippen molar-refractivity contribution in [2.24, 2.45) is 5.41 Å². The summed E-state index contributed by atoms with van der Waals surface area (Å²) in [4.78, 5) is 2.28. The van der Waals surface area contributed by atoms with Crippen LogP contribution in [0.25, 0.3) is 0 Å². The maximum absolute atomic E-state index is 12.1. The molecule has 0 spiro atoms. The van der Waals surface area contributed by atoms with E-state index in [-0.39, 0.29) is 12.0 Å². The van der Waals surface area contributed by atoms with Crippen molar-refractivity contribution in [1.82, 2.24) is 10.2 Å². The minimum absolute atomic E-state index is 0.136. The molecule has 2 unspecified atom stereocenters. The Bertz CT molecular complexity index is 302. The summed E-state index contributed by atoms with van der Waals surface area (Å²) >= 11 is 0. The van der Waals surface area contributed by atoms with Crippen LogP contribution in [-0.4, -0.2) is 56.0 Å². The fraction of sp³-hybridized carbons (Fsp3) is 1.00. The molecule has 0 aromatic carbocycles. The maximum Gasteiger partial charge on any atom is 0.411 e. The van der Waals surface area contributed by atoms with Gasteiger partial charge in [0.2, 0.25) is 0 Å². The molecule has 1 aliphatic rings. The van der Waals surface area contributed by atoms with E-state index in [0.717, 1.165) is 25.9 Å². The zero-order valence-corrected chi connectivity index (χ0v) is 13.6. The minimum Gasteiger partial charge on any atom is -0.371 e. The topological polar surface area (TPSA) is 24.5 Å². The number of nitrogens with one attached hydrogen (secondary N) is 1. The molecule has 0 saturated carbocycles. The number of ether oxygens (including phenoxy) is 1. The Morgan fingerprint density at radius 1 is 1.24 bits per heavy atom. The number of rotatable bonds is 6. The van der Waals surface area contributed by atoms with Gasteiger partial charge in [-0.25, -0.2) is 0 Å². The lowest BCUT2D eigenvalue weighted by atomic mass is 9.84. The summed E-state index contributed by atoms with van der Waals surface area (Å²) in [6.45, 7) is 9.99. The molecule has 6 heteroatoms. The van der Waals surface area contributed by atoms with Crippen LogP contribution in [0.1, 0.15) is 40.5 Å². The smallest absolute Gasteiger partial charge is 0.371 e. The first kappa shape index (κ1) is 18.7. The molecule has 0 aromatic rings. The molecule has 1 aliphatic heterocycles. The first-order valence-corrected chi connectivity index (χ1v) is 7.75. The molecule has 1 N–H and O–H groups in total. The fourth-order valence-electron chi connectivity index (χ4n) is 2.70. The molecule has 1 fully saturated rings. The van der Waals surface area contributed by atoms with E-state index < -0.39 is 12.8 Å².